The van der Waals surface area contributed by atoms with E-state index in [1.807, 2.05) is 0 Å². The highest BCUT2D eigenvalue weighted by Crippen LogP contribution is 2.54. The van der Waals surface area contributed by atoms with Crippen LogP contribution in [0.5, 0.6) is 11.5 Å². The maximum atomic E-state index is 12.7. The molecule has 0 spiro atoms. The van der Waals surface area contributed by atoms with Crippen molar-refractivity contribution in [1.82, 2.24) is 0 Å². The van der Waals surface area contributed by atoms with Crippen LogP contribution in [0.15, 0.2) is 24.3 Å². The first-order valence-corrected chi connectivity index (χ1v) is 12.4. The molecule has 0 atom stereocenters. The van der Waals surface area contributed by atoms with E-state index in [2.05, 4.69) is 0 Å². The Labute approximate surface area is 230 Å². The molecule has 40 heavy (non-hydrogen) atoms. The molecule has 0 heterocycles. The van der Waals surface area contributed by atoms with Crippen LogP contribution in [-0.4, -0.2) is 62.5 Å². The van der Waals surface area contributed by atoms with Gasteiger partial charge in [0, 0.05) is 25.0 Å². The van der Waals surface area contributed by atoms with E-state index in [0.717, 1.165) is 13.8 Å². The number of rotatable bonds is 10. The van der Waals surface area contributed by atoms with Crippen molar-refractivity contribution < 1.29 is 57.2 Å². The average molecular weight is 562 g/mol. The smallest absolute Gasteiger partial charge is 0.465 e. The van der Waals surface area contributed by atoms with Crippen LogP contribution in [0.1, 0.15) is 53.0 Å². The molecule has 0 fully saturated rings. The number of carbonyl (C=O) groups excluding carboxylic acids is 6. The van der Waals surface area contributed by atoms with Gasteiger partial charge in [-0.3, -0.25) is 19.2 Å². The summed E-state index contributed by atoms with van der Waals surface area (Å²) in [4.78, 5) is 75.9. The number of amides is 2. The monoisotopic (exact) mass is 561 g/mol. The summed E-state index contributed by atoms with van der Waals surface area (Å²) in [5.41, 5.74) is -0.0925. The second kappa shape index (κ2) is 14.5. The van der Waals surface area contributed by atoms with E-state index < -0.39 is 42.0 Å². The fraction of sp³-hybridized carbons (Fsp3) is 0.407. The fourth-order valence-corrected chi connectivity index (χ4v) is 3.77. The summed E-state index contributed by atoms with van der Waals surface area (Å²) in [5, 5.41) is 0. The highest BCUT2D eigenvalue weighted by Gasteiger charge is 2.37. The van der Waals surface area contributed by atoms with Gasteiger partial charge in [0.2, 0.25) is 11.8 Å². The van der Waals surface area contributed by atoms with Crippen molar-refractivity contribution in [2.24, 2.45) is 0 Å². The van der Waals surface area contributed by atoms with E-state index in [1.165, 1.54) is 38.1 Å². The normalized spacial score (nSPS) is 10.5. The van der Waals surface area contributed by atoms with E-state index in [1.54, 1.807) is 13.8 Å². The Morgan fingerprint density at radius 1 is 0.625 bits per heavy atom. The molecule has 0 radical (unpaired) electrons. The summed E-state index contributed by atoms with van der Waals surface area (Å²) < 4.78 is 30.6. The minimum absolute atomic E-state index is 0.00502. The highest BCUT2D eigenvalue weighted by molar-refractivity contribution is 6.18. The predicted molar refractivity (Wildman–Crippen MR) is 138 cm³/mol. The molecule has 0 aromatic rings. The Balaban J connectivity index is 2.95. The molecule has 13 heteroatoms. The zero-order valence-corrected chi connectivity index (χ0v) is 23.1. The van der Waals surface area contributed by atoms with Gasteiger partial charge in [0.1, 0.15) is 5.69 Å². The molecule has 2 aliphatic carbocycles. The lowest BCUT2D eigenvalue weighted by Gasteiger charge is -2.19. The lowest BCUT2D eigenvalue weighted by Crippen LogP contribution is -2.33. The molecule has 0 bridgehead atoms. The fourth-order valence-electron chi connectivity index (χ4n) is 3.77. The van der Waals surface area contributed by atoms with Crippen molar-refractivity contribution in [3.63, 3.8) is 0 Å². The summed E-state index contributed by atoms with van der Waals surface area (Å²) in [6.07, 6.45) is -2.35. The van der Waals surface area contributed by atoms with Crippen LogP contribution in [0.2, 0.25) is 0 Å². The van der Waals surface area contributed by atoms with Crippen molar-refractivity contribution in [1.29, 1.82) is 0 Å². The van der Waals surface area contributed by atoms with Gasteiger partial charge in [-0.2, -0.15) is 0 Å². The molecular formula is C27H31NO12. The standard InChI is InChI=1S/C27H31NO12/c1-7-35-24(31)20(25(32)36-8-2)17-11-13-18-19(14-12-17)23(40-27(34)38-10-4)21(28(15(5)29)16(6)30)22(18)39-26(33)37-9-3/h11-14,20H,7-10H2,1-6H3. The zero-order valence-electron chi connectivity index (χ0n) is 23.1. The first-order chi connectivity index (χ1) is 19.0. The molecule has 2 amide bonds. The Morgan fingerprint density at radius 3 is 1.32 bits per heavy atom. The summed E-state index contributed by atoms with van der Waals surface area (Å²) >= 11 is 0. The molecular weight excluding hydrogens is 530 g/mol. The Kier molecular flexibility index (Phi) is 11.4. The van der Waals surface area contributed by atoms with Crippen molar-refractivity contribution in [2.45, 2.75) is 47.5 Å². The summed E-state index contributed by atoms with van der Waals surface area (Å²) in [5.74, 6) is -5.46. The van der Waals surface area contributed by atoms with Gasteiger partial charge >= 0.3 is 24.2 Å². The summed E-state index contributed by atoms with van der Waals surface area (Å²) in [6, 6.07) is 5.43. The van der Waals surface area contributed by atoms with Crippen LogP contribution in [-0.2, 0) is 38.1 Å². The zero-order chi connectivity index (χ0) is 30.0. The minimum atomic E-state index is -1.47. The maximum Gasteiger partial charge on any atom is 0.513 e. The third kappa shape index (κ3) is 7.24. The van der Waals surface area contributed by atoms with Crippen LogP contribution in [0.25, 0.3) is 11.1 Å². The summed E-state index contributed by atoms with van der Waals surface area (Å²) in [6.45, 7) is 8.30. The number of carbonyl (C=O) groups is 6. The van der Waals surface area contributed by atoms with Crippen molar-refractivity contribution in [3.05, 3.63) is 29.8 Å². The maximum absolute atomic E-state index is 12.7. The molecule has 0 N–H and O–H groups in total. The van der Waals surface area contributed by atoms with Crippen LogP contribution in [0.4, 0.5) is 15.3 Å². The first-order valence-electron chi connectivity index (χ1n) is 12.4. The van der Waals surface area contributed by atoms with Crippen LogP contribution in [0, 0.1) is 0 Å². The van der Waals surface area contributed by atoms with E-state index in [4.69, 9.17) is 28.4 Å². The molecule has 0 aromatic carbocycles. The van der Waals surface area contributed by atoms with Crippen LogP contribution < -0.4 is 14.4 Å². The van der Waals surface area contributed by atoms with E-state index in [9.17, 15) is 28.8 Å². The van der Waals surface area contributed by atoms with Gasteiger partial charge in [0.05, 0.1) is 26.4 Å². The number of esters is 2. The molecule has 0 unspecified atom stereocenters. The van der Waals surface area contributed by atoms with Gasteiger partial charge in [-0.15, -0.1) is 0 Å². The number of hydrogen-bond acceptors (Lipinski definition) is 12. The van der Waals surface area contributed by atoms with E-state index >= 15 is 0 Å². The molecule has 216 valence electrons. The van der Waals surface area contributed by atoms with Crippen molar-refractivity contribution in [2.75, 3.05) is 31.3 Å². The van der Waals surface area contributed by atoms with Crippen LogP contribution in [0.3, 0.4) is 0 Å². The largest absolute Gasteiger partial charge is 0.513 e. The van der Waals surface area contributed by atoms with Gasteiger partial charge < -0.3 is 28.4 Å². The molecule has 13 nitrogen and oxygen atoms in total. The predicted octanol–water partition coefficient (Wildman–Crippen LogP) is 3.97. The number of hydrogen-bond donors (Lipinski definition) is 0. The van der Waals surface area contributed by atoms with E-state index in [0.29, 0.717) is 4.90 Å². The van der Waals surface area contributed by atoms with E-state index in [-0.39, 0.29) is 60.3 Å². The first kappa shape index (κ1) is 31.5. The third-order valence-corrected chi connectivity index (χ3v) is 5.22. The van der Waals surface area contributed by atoms with Gasteiger partial charge in [-0.25, -0.2) is 14.5 Å². The topological polar surface area (TPSA) is 161 Å². The number of anilines is 1. The Hall–Kier alpha value is -4.68. The molecule has 2 aliphatic rings. The molecule has 0 aromatic heterocycles. The molecule has 0 saturated heterocycles. The average Bonchev–Trinajstić information content (AvgIpc) is 2.99. The van der Waals surface area contributed by atoms with Crippen molar-refractivity contribution in [3.8, 4) is 22.6 Å². The second-order valence-corrected chi connectivity index (χ2v) is 7.88. The van der Waals surface area contributed by atoms with Crippen LogP contribution >= 0.6 is 0 Å². The molecule has 0 saturated carbocycles. The molecule has 0 aliphatic heterocycles. The Morgan fingerprint density at radius 2 is 1.00 bits per heavy atom. The number of imide groups is 1. The second-order valence-electron chi connectivity index (χ2n) is 7.88. The number of ether oxygens (including phenoxy) is 6. The number of nitrogens with zero attached hydrogens (tertiary/aromatic N) is 1. The van der Waals surface area contributed by atoms with Gasteiger partial charge in [-0.05, 0) is 33.3 Å². The molecule has 2 rings (SSSR count). The minimum Gasteiger partial charge on any atom is -0.465 e. The number of fused-ring (bicyclic) bond motifs is 1. The quantitative estimate of drug-likeness (QED) is 0.233. The van der Waals surface area contributed by atoms with Gasteiger partial charge in [-0.1, -0.05) is 24.3 Å². The highest BCUT2D eigenvalue weighted by atomic mass is 16.7. The summed E-state index contributed by atoms with van der Waals surface area (Å²) in [7, 11) is 0. The third-order valence-electron chi connectivity index (χ3n) is 5.22. The van der Waals surface area contributed by atoms with Gasteiger partial charge in [0.25, 0.3) is 0 Å². The lowest BCUT2D eigenvalue weighted by molar-refractivity contribution is -0.157. The SMILES string of the molecule is CCOC(=O)Oc1c2ccc(C(C(=O)OCC)C(=O)OCC)ccc-2c(OC(=O)OCC)c1N(C(C)=O)C(C)=O. The van der Waals surface area contributed by atoms with Crippen molar-refractivity contribution >= 4 is 41.8 Å². The Bertz CT molecular complexity index is 1160. The van der Waals surface area contributed by atoms with Gasteiger partial charge in [0.15, 0.2) is 17.4 Å². The lowest BCUT2D eigenvalue weighted by atomic mass is 10.0.